The van der Waals surface area contributed by atoms with Crippen LogP contribution in [0.5, 0.6) is 5.75 Å². The average Bonchev–Trinajstić information content (AvgIpc) is 2.84. The molecule has 0 radical (unpaired) electrons. The number of aromatic amines is 1. The average molecular weight is 353 g/mol. The van der Waals surface area contributed by atoms with Crippen LogP contribution >= 0.6 is 0 Å². The number of benzene rings is 1. The molecule has 5 nitrogen and oxygen atoms in total. The molecule has 0 spiro atoms. The maximum atomic E-state index is 12.4. The molecular formula is C21H27N3O2. The Hall–Kier alpha value is -2.14. The van der Waals surface area contributed by atoms with Gasteiger partial charge in [-0.2, -0.15) is 0 Å². The number of hydrogen-bond acceptors (Lipinski definition) is 4. The molecule has 0 unspecified atom stereocenters. The van der Waals surface area contributed by atoms with E-state index in [1.165, 1.54) is 12.0 Å². The molecule has 2 bridgehead atoms. The van der Waals surface area contributed by atoms with E-state index < -0.39 is 0 Å². The molecule has 1 aromatic carbocycles. The number of aromatic nitrogens is 2. The van der Waals surface area contributed by atoms with Crippen molar-refractivity contribution in [2.45, 2.75) is 71.2 Å². The highest BCUT2D eigenvalue weighted by atomic mass is 16.5. The van der Waals surface area contributed by atoms with Crippen LogP contribution in [0.15, 0.2) is 29.1 Å². The van der Waals surface area contributed by atoms with Crippen molar-refractivity contribution in [2.75, 3.05) is 0 Å². The van der Waals surface area contributed by atoms with Gasteiger partial charge in [0.05, 0.1) is 11.8 Å². The highest BCUT2D eigenvalue weighted by Gasteiger charge is 2.38. The first-order valence-electron chi connectivity index (χ1n) is 9.59. The number of hydrogen-bond donors (Lipinski definition) is 1. The Balaban J connectivity index is 1.54. The van der Waals surface area contributed by atoms with E-state index in [0.29, 0.717) is 12.1 Å². The zero-order valence-electron chi connectivity index (χ0n) is 15.8. The van der Waals surface area contributed by atoms with Crippen molar-refractivity contribution in [3.8, 4) is 5.75 Å². The van der Waals surface area contributed by atoms with Gasteiger partial charge in [-0.1, -0.05) is 12.1 Å². The van der Waals surface area contributed by atoms with Crippen LogP contribution < -0.4 is 10.3 Å². The summed E-state index contributed by atoms with van der Waals surface area (Å²) >= 11 is 0. The molecule has 1 fully saturated rings. The predicted molar refractivity (Wildman–Crippen MR) is 102 cm³/mol. The summed E-state index contributed by atoms with van der Waals surface area (Å²) in [6.45, 7) is 6.86. The zero-order chi connectivity index (χ0) is 18.3. The lowest BCUT2D eigenvalue weighted by molar-refractivity contribution is 0.187. The molecule has 0 saturated carbocycles. The number of nitrogens with one attached hydrogen (secondary N) is 1. The summed E-state index contributed by atoms with van der Waals surface area (Å²) in [5.41, 5.74) is 3.25. The maximum Gasteiger partial charge on any atom is 0.254 e. The number of H-pyrrole nitrogens is 1. The molecule has 0 aliphatic carbocycles. The first-order valence-corrected chi connectivity index (χ1v) is 9.59. The smallest absolute Gasteiger partial charge is 0.254 e. The second-order valence-corrected chi connectivity index (χ2v) is 7.85. The van der Waals surface area contributed by atoms with Crippen LogP contribution in [0.4, 0.5) is 0 Å². The molecule has 4 rings (SSSR count). The number of aryl methyl sites for hydroxylation is 1. The lowest BCUT2D eigenvalue weighted by Crippen LogP contribution is -2.36. The van der Waals surface area contributed by atoms with Crippen molar-refractivity contribution in [2.24, 2.45) is 0 Å². The fourth-order valence-electron chi connectivity index (χ4n) is 4.37. The van der Waals surface area contributed by atoms with Gasteiger partial charge in [-0.15, -0.1) is 0 Å². The van der Waals surface area contributed by atoms with Gasteiger partial charge in [0.2, 0.25) is 0 Å². The van der Waals surface area contributed by atoms with Gasteiger partial charge in [0.15, 0.2) is 0 Å². The van der Waals surface area contributed by atoms with E-state index in [9.17, 15) is 4.79 Å². The van der Waals surface area contributed by atoms with Gasteiger partial charge in [0, 0.05) is 30.6 Å². The monoisotopic (exact) mass is 353 g/mol. The van der Waals surface area contributed by atoms with Crippen LogP contribution in [0.25, 0.3) is 0 Å². The molecule has 26 heavy (non-hydrogen) atoms. The Labute approximate surface area is 154 Å². The largest absolute Gasteiger partial charge is 0.491 e. The van der Waals surface area contributed by atoms with Crippen molar-refractivity contribution >= 4 is 0 Å². The molecule has 138 valence electrons. The topological polar surface area (TPSA) is 58.2 Å². The Morgan fingerprint density at radius 1 is 1.19 bits per heavy atom. The quantitative estimate of drug-likeness (QED) is 0.918. The fraction of sp³-hybridized carbons (Fsp3) is 0.524. The molecular weight excluding hydrogens is 326 g/mol. The molecule has 2 atom stereocenters. The van der Waals surface area contributed by atoms with Crippen LogP contribution in [-0.4, -0.2) is 33.1 Å². The first kappa shape index (κ1) is 17.3. The van der Waals surface area contributed by atoms with Crippen molar-refractivity contribution in [1.29, 1.82) is 0 Å². The highest BCUT2D eigenvalue weighted by molar-refractivity contribution is 5.29. The number of fused-ring (bicyclic) bond motifs is 3. The van der Waals surface area contributed by atoms with E-state index >= 15 is 0 Å². The van der Waals surface area contributed by atoms with Gasteiger partial charge in [-0.25, -0.2) is 4.98 Å². The summed E-state index contributed by atoms with van der Waals surface area (Å²) in [6.07, 6.45) is 4.22. The molecule has 1 aromatic heterocycles. The predicted octanol–water partition coefficient (Wildman–Crippen LogP) is 3.00. The molecule has 0 amide bonds. The summed E-state index contributed by atoms with van der Waals surface area (Å²) in [5, 5.41) is 0. The molecule has 5 heteroatoms. The minimum atomic E-state index is 0.0511. The van der Waals surface area contributed by atoms with Gasteiger partial charge in [0.1, 0.15) is 11.6 Å². The van der Waals surface area contributed by atoms with E-state index in [4.69, 9.17) is 4.74 Å². The first-order chi connectivity index (χ1) is 12.5. The third-order valence-corrected chi connectivity index (χ3v) is 5.52. The van der Waals surface area contributed by atoms with Crippen LogP contribution in [-0.2, 0) is 19.4 Å². The normalized spacial score (nSPS) is 22.3. The Morgan fingerprint density at radius 2 is 1.88 bits per heavy atom. The van der Waals surface area contributed by atoms with Crippen LogP contribution in [0.3, 0.4) is 0 Å². The minimum absolute atomic E-state index is 0.0511. The van der Waals surface area contributed by atoms with Crippen LogP contribution in [0.2, 0.25) is 0 Å². The highest BCUT2D eigenvalue weighted by Crippen LogP contribution is 2.34. The van der Waals surface area contributed by atoms with Crippen molar-refractivity contribution in [3.63, 3.8) is 0 Å². The SMILES string of the molecule is Cc1nc2c(c(=O)[nH]1)C[C@@H]1CC[C@@H](C2)N1Cc1ccc(OC(C)C)cc1. The Morgan fingerprint density at radius 3 is 2.58 bits per heavy atom. The second kappa shape index (κ2) is 6.88. The van der Waals surface area contributed by atoms with Gasteiger partial charge in [-0.3, -0.25) is 9.69 Å². The van der Waals surface area contributed by atoms with E-state index in [1.54, 1.807) is 0 Å². The van der Waals surface area contributed by atoms with Gasteiger partial charge in [0.25, 0.3) is 5.56 Å². The summed E-state index contributed by atoms with van der Waals surface area (Å²) in [5.74, 6) is 1.64. The van der Waals surface area contributed by atoms with Crippen molar-refractivity contribution < 1.29 is 4.74 Å². The molecule has 1 saturated heterocycles. The van der Waals surface area contributed by atoms with Crippen LogP contribution in [0.1, 0.15) is 49.3 Å². The number of ether oxygens (including phenoxy) is 1. The maximum absolute atomic E-state index is 12.4. The third-order valence-electron chi connectivity index (χ3n) is 5.52. The fourth-order valence-corrected chi connectivity index (χ4v) is 4.37. The third kappa shape index (κ3) is 3.40. The second-order valence-electron chi connectivity index (χ2n) is 7.85. The number of nitrogens with zero attached hydrogens (tertiary/aromatic N) is 2. The van der Waals surface area contributed by atoms with E-state index in [2.05, 4.69) is 39.1 Å². The number of rotatable bonds is 4. The van der Waals surface area contributed by atoms with Gasteiger partial charge < -0.3 is 9.72 Å². The summed E-state index contributed by atoms with van der Waals surface area (Å²) in [6, 6.07) is 9.33. The van der Waals surface area contributed by atoms with Gasteiger partial charge >= 0.3 is 0 Å². The molecule has 2 aliphatic heterocycles. The summed E-state index contributed by atoms with van der Waals surface area (Å²) in [7, 11) is 0. The minimum Gasteiger partial charge on any atom is -0.491 e. The molecule has 2 aromatic rings. The molecule has 1 N–H and O–H groups in total. The van der Waals surface area contributed by atoms with Crippen molar-refractivity contribution in [1.82, 2.24) is 14.9 Å². The standard InChI is InChI=1S/C21H27N3O2/c1-13(2)26-18-8-4-15(5-9-18)12-24-16-6-7-17(24)11-20-19(10-16)21(25)23-14(3)22-20/h4-5,8-9,13,16-17H,6-7,10-12H2,1-3H3,(H,22,23,25)/t16-,17-/m0/s1. The molecule has 3 heterocycles. The van der Waals surface area contributed by atoms with Crippen LogP contribution in [0, 0.1) is 6.92 Å². The lowest BCUT2D eigenvalue weighted by Gasteiger charge is -2.28. The van der Waals surface area contributed by atoms with E-state index in [0.717, 1.165) is 48.6 Å². The van der Waals surface area contributed by atoms with E-state index in [-0.39, 0.29) is 11.7 Å². The van der Waals surface area contributed by atoms with Gasteiger partial charge in [-0.05, 0) is 57.7 Å². The van der Waals surface area contributed by atoms with E-state index in [1.807, 2.05) is 20.8 Å². The Kier molecular flexibility index (Phi) is 4.57. The Bertz CT molecular complexity index is 841. The summed E-state index contributed by atoms with van der Waals surface area (Å²) < 4.78 is 5.74. The van der Waals surface area contributed by atoms with Crippen molar-refractivity contribution in [3.05, 3.63) is 57.3 Å². The summed E-state index contributed by atoms with van der Waals surface area (Å²) in [4.78, 5) is 22.5. The zero-order valence-corrected chi connectivity index (χ0v) is 15.8. The lowest BCUT2D eigenvalue weighted by atomic mass is 9.98. The molecule has 2 aliphatic rings.